The molecule has 0 bridgehead atoms. The fourth-order valence-electron chi connectivity index (χ4n) is 5.59. The number of hydrogen-bond donors (Lipinski definition) is 3. The number of carboxylic acids is 1. The molecule has 2 amide bonds. The van der Waals surface area contributed by atoms with E-state index in [1.54, 1.807) is 7.05 Å². The van der Waals surface area contributed by atoms with Crippen LogP contribution in [0.3, 0.4) is 0 Å². The maximum absolute atomic E-state index is 13.3. The molecule has 2 saturated heterocycles. The number of nitrogens with one attached hydrogen (secondary N) is 1. The van der Waals surface area contributed by atoms with Gasteiger partial charge in [0.05, 0.1) is 29.0 Å². The van der Waals surface area contributed by atoms with Crippen LogP contribution >= 0.6 is 23.1 Å². The smallest absolute Gasteiger partial charge is 0.410 e. The number of hydrogen-bond acceptors (Lipinski definition) is 12. The number of non-ortho nitro benzene ring substituents is 1. The first-order chi connectivity index (χ1) is 19.5. The van der Waals surface area contributed by atoms with Gasteiger partial charge in [0, 0.05) is 41.8 Å². The maximum atomic E-state index is 13.3. The molecule has 0 spiro atoms. The van der Waals surface area contributed by atoms with Gasteiger partial charge in [-0.05, 0) is 31.0 Å². The number of benzene rings is 1. The molecule has 3 N–H and O–H groups in total. The van der Waals surface area contributed by atoms with Gasteiger partial charge in [-0.2, -0.15) is 0 Å². The van der Waals surface area contributed by atoms with Crippen molar-refractivity contribution < 1.29 is 34.3 Å². The lowest BCUT2D eigenvalue weighted by Gasteiger charge is -2.46. The van der Waals surface area contributed by atoms with Gasteiger partial charge in [-0.1, -0.05) is 18.3 Å². The molecule has 0 radical (unpaired) electrons. The monoisotopic (exact) mass is 604 g/mol. The van der Waals surface area contributed by atoms with Crippen LogP contribution in [0.2, 0.25) is 0 Å². The number of rotatable bonds is 9. The Morgan fingerprint density at radius 2 is 2.02 bits per heavy atom. The fraction of sp³-hybridized carbons (Fsp3) is 0.480. The molecule has 2 aromatic rings. The number of carboxylic acid groups (broad SMARTS) is 1. The minimum absolute atomic E-state index is 0.0708. The number of aliphatic hydroxyl groups excluding tert-OH is 1. The number of thioether (sulfide) groups is 1. The Balaban J connectivity index is 1.35. The molecule has 3 aliphatic heterocycles. The molecule has 0 saturated carbocycles. The molecule has 4 heterocycles. The molecule has 14 nitrogen and oxygen atoms in total. The molecule has 1 aromatic heterocycles. The van der Waals surface area contributed by atoms with Crippen LogP contribution in [0.25, 0.3) is 0 Å². The number of aliphatic carboxylic acids is 1. The lowest BCUT2D eigenvalue weighted by atomic mass is 9.79. The number of likely N-dealkylation sites (tertiary alicyclic amines) is 1. The summed E-state index contributed by atoms with van der Waals surface area (Å²) in [5.74, 6) is -2.58. The van der Waals surface area contributed by atoms with Gasteiger partial charge in [0.1, 0.15) is 17.3 Å². The average Bonchev–Trinajstić information content (AvgIpc) is 3.63. The zero-order chi connectivity index (χ0) is 29.6. The summed E-state index contributed by atoms with van der Waals surface area (Å²) in [5, 5.41) is 43.2. The first-order valence-corrected chi connectivity index (χ1v) is 14.5. The van der Waals surface area contributed by atoms with Crippen LogP contribution in [0, 0.1) is 22.0 Å². The highest BCUT2D eigenvalue weighted by Crippen LogP contribution is 2.53. The Hall–Kier alpha value is -3.76. The summed E-state index contributed by atoms with van der Waals surface area (Å²) in [6.07, 6.45) is -1.07. The van der Waals surface area contributed by atoms with Gasteiger partial charge in [-0.15, -0.1) is 22.0 Å². The molecular weight excluding hydrogens is 576 g/mol. The van der Waals surface area contributed by atoms with Crippen LogP contribution in [0.5, 0.6) is 0 Å². The second-order valence-electron chi connectivity index (χ2n) is 10.1. The number of anilines is 1. The van der Waals surface area contributed by atoms with Crippen molar-refractivity contribution in [3.8, 4) is 0 Å². The van der Waals surface area contributed by atoms with Crippen LogP contribution < -0.4 is 5.32 Å². The van der Waals surface area contributed by atoms with Crippen molar-refractivity contribution in [1.82, 2.24) is 20.0 Å². The molecular formula is C25H28N6O8S2. The van der Waals surface area contributed by atoms with E-state index in [0.717, 1.165) is 0 Å². The Bertz CT molecular complexity index is 1410. The second kappa shape index (κ2) is 11.3. The lowest BCUT2D eigenvalue weighted by molar-refractivity contribution is -0.384. The fourth-order valence-corrected chi connectivity index (χ4v) is 7.94. The molecule has 6 atom stereocenters. The van der Waals surface area contributed by atoms with Crippen molar-refractivity contribution in [1.29, 1.82) is 0 Å². The third-order valence-corrected chi connectivity index (χ3v) is 10.1. The summed E-state index contributed by atoms with van der Waals surface area (Å²) in [6, 6.07) is 4.79. The third kappa shape index (κ3) is 5.22. The first kappa shape index (κ1) is 28.8. The first-order valence-electron chi connectivity index (χ1n) is 12.8. The van der Waals surface area contributed by atoms with E-state index in [0.29, 0.717) is 27.0 Å². The molecule has 0 unspecified atom stereocenters. The summed E-state index contributed by atoms with van der Waals surface area (Å²) in [4.78, 5) is 52.0. The largest absolute Gasteiger partial charge is 0.477 e. The number of amides is 2. The van der Waals surface area contributed by atoms with Crippen LogP contribution in [0.15, 0.2) is 34.9 Å². The standard InChI is InChI=1S/C25H28N6O8S2/c1-11-18-17(12(2)32)22(33)30(18)19(23(34)35)20(11)40-15-8-16(21-27-28-24(26-3)41-21)29(9-15)25(36)39-10-13-4-6-14(7-5-13)31(37)38/h4-7,11-12,15-18,32H,8-10H2,1-3H3,(H,26,28)(H,34,35)/t11-,12-,15+,16+,17-,18-/m1/s1. The maximum Gasteiger partial charge on any atom is 0.410 e. The Morgan fingerprint density at radius 1 is 1.32 bits per heavy atom. The zero-order valence-corrected chi connectivity index (χ0v) is 23.9. The van der Waals surface area contributed by atoms with Crippen molar-refractivity contribution in [3.63, 3.8) is 0 Å². The van der Waals surface area contributed by atoms with Crippen molar-refractivity contribution in [2.24, 2.45) is 11.8 Å². The van der Waals surface area contributed by atoms with Gasteiger partial charge < -0.3 is 25.2 Å². The Kier molecular flexibility index (Phi) is 7.89. The molecule has 2 fully saturated rings. The van der Waals surface area contributed by atoms with E-state index in [-0.39, 0.29) is 35.7 Å². The molecule has 16 heteroatoms. The summed E-state index contributed by atoms with van der Waals surface area (Å²) in [6.45, 7) is 3.51. The van der Waals surface area contributed by atoms with Gasteiger partial charge >= 0.3 is 12.1 Å². The number of aliphatic hydroxyl groups is 1. The predicted molar refractivity (Wildman–Crippen MR) is 148 cm³/mol. The summed E-state index contributed by atoms with van der Waals surface area (Å²) < 4.78 is 5.56. The number of ether oxygens (including phenoxy) is 1. The number of nitrogens with zero attached hydrogens (tertiary/aromatic N) is 5. The zero-order valence-electron chi connectivity index (χ0n) is 22.3. The predicted octanol–water partition coefficient (Wildman–Crippen LogP) is 2.83. The number of nitro groups is 1. The highest BCUT2D eigenvalue weighted by molar-refractivity contribution is 8.03. The van der Waals surface area contributed by atoms with Gasteiger partial charge in [0.15, 0.2) is 0 Å². The summed E-state index contributed by atoms with van der Waals surface area (Å²) >= 11 is 2.62. The number of carbonyl (C=O) groups excluding carboxylic acids is 2. The number of β-lactam (4-membered cyclic amide) rings is 1. The Morgan fingerprint density at radius 3 is 2.61 bits per heavy atom. The van der Waals surface area contributed by atoms with E-state index in [1.165, 1.54) is 64.1 Å². The van der Waals surface area contributed by atoms with Crippen LogP contribution in [-0.4, -0.2) is 84.1 Å². The number of carbonyl (C=O) groups is 3. The van der Waals surface area contributed by atoms with Crippen LogP contribution in [0.4, 0.5) is 15.6 Å². The van der Waals surface area contributed by atoms with Gasteiger partial charge in [-0.25, -0.2) is 9.59 Å². The number of aromatic nitrogens is 2. The van der Waals surface area contributed by atoms with Crippen LogP contribution in [0.1, 0.15) is 36.9 Å². The van der Waals surface area contributed by atoms with E-state index in [9.17, 15) is 34.7 Å². The highest BCUT2D eigenvalue weighted by atomic mass is 32.2. The van der Waals surface area contributed by atoms with Gasteiger partial charge in [0.25, 0.3) is 5.69 Å². The van der Waals surface area contributed by atoms with E-state index in [1.807, 2.05) is 6.92 Å². The minimum atomic E-state index is -1.21. The lowest BCUT2D eigenvalue weighted by Crippen LogP contribution is -2.63. The number of fused-ring (bicyclic) bond motifs is 1. The summed E-state index contributed by atoms with van der Waals surface area (Å²) in [5.41, 5.74) is 0.439. The molecule has 3 aliphatic rings. The van der Waals surface area contributed by atoms with Crippen molar-refractivity contribution >= 4 is 51.9 Å². The molecule has 1 aromatic carbocycles. The minimum Gasteiger partial charge on any atom is -0.477 e. The molecule has 0 aliphatic carbocycles. The van der Waals surface area contributed by atoms with Gasteiger partial charge in [0.2, 0.25) is 11.0 Å². The highest BCUT2D eigenvalue weighted by Gasteiger charge is 2.60. The van der Waals surface area contributed by atoms with Crippen molar-refractivity contribution in [2.45, 2.75) is 50.3 Å². The molecule has 41 heavy (non-hydrogen) atoms. The van der Waals surface area contributed by atoms with Crippen LogP contribution in [-0.2, 0) is 20.9 Å². The normalized spacial score (nSPS) is 26.0. The average molecular weight is 605 g/mol. The second-order valence-corrected chi connectivity index (χ2v) is 12.4. The topological polar surface area (TPSA) is 188 Å². The quantitative estimate of drug-likeness (QED) is 0.216. The van der Waals surface area contributed by atoms with Gasteiger partial charge in [-0.3, -0.25) is 19.8 Å². The van der Waals surface area contributed by atoms with E-state index < -0.39 is 47.0 Å². The Labute approximate surface area is 242 Å². The molecule has 218 valence electrons. The summed E-state index contributed by atoms with van der Waals surface area (Å²) in [7, 11) is 1.71. The number of nitro benzene ring substituents is 1. The third-order valence-electron chi connectivity index (χ3n) is 7.55. The molecule has 5 rings (SSSR count). The SMILES string of the molecule is CNc1nnc([C@@H]2C[C@H](SC3=C(C(=O)O)N4C(=O)[C@H]([C@@H](C)O)[C@H]4[C@H]3C)CN2C(=O)OCc2ccc([N+](=O)[O-])cc2)s1. The van der Waals surface area contributed by atoms with Crippen molar-refractivity contribution in [3.05, 3.63) is 55.6 Å². The van der Waals surface area contributed by atoms with E-state index in [4.69, 9.17) is 4.74 Å². The van der Waals surface area contributed by atoms with E-state index in [2.05, 4.69) is 15.5 Å². The van der Waals surface area contributed by atoms with Crippen molar-refractivity contribution in [2.75, 3.05) is 18.9 Å². The van der Waals surface area contributed by atoms with E-state index >= 15 is 0 Å².